The molecule has 2 heteroatoms. The summed E-state index contributed by atoms with van der Waals surface area (Å²) in [5.41, 5.74) is 1.21. The van der Waals surface area contributed by atoms with Crippen LogP contribution >= 0.6 is 0 Å². The van der Waals surface area contributed by atoms with E-state index in [0.29, 0.717) is 0 Å². The lowest BCUT2D eigenvalue weighted by molar-refractivity contribution is 0.181. The van der Waals surface area contributed by atoms with Crippen LogP contribution in [0.15, 0.2) is 35.3 Å². The minimum absolute atomic E-state index is 0.156. The van der Waals surface area contributed by atoms with Crippen LogP contribution in [0.25, 0.3) is 0 Å². The summed E-state index contributed by atoms with van der Waals surface area (Å²) < 4.78 is 5.25. The fraction of sp³-hybridized carbons (Fsp3) is 0.300. The molecule has 61 valence electrons. The molecule has 1 aliphatic heterocycles. The molecule has 0 saturated carbocycles. The van der Waals surface area contributed by atoms with Gasteiger partial charge in [-0.1, -0.05) is 30.3 Å². The summed E-state index contributed by atoms with van der Waals surface area (Å²) in [6.45, 7) is 0.819. The number of nitrogens with zero attached hydrogens (tertiary/aromatic N) is 1. The normalized spacial score (nSPS) is 21.8. The van der Waals surface area contributed by atoms with Gasteiger partial charge in [0.2, 0.25) is 0 Å². The van der Waals surface area contributed by atoms with Crippen LogP contribution in [0.4, 0.5) is 0 Å². The Bertz CT molecular complexity index is 268. The standard InChI is InChI=1S/C10H10NO/c1-2-4-9(5-3-1)10-6-7-11-8-12-10/h1-5,10H,6-7H2. The van der Waals surface area contributed by atoms with Gasteiger partial charge in [0.05, 0.1) is 0 Å². The molecule has 2 nitrogen and oxygen atoms in total. The number of rotatable bonds is 1. The third kappa shape index (κ3) is 1.47. The van der Waals surface area contributed by atoms with Gasteiger partial charge < -0.3 is 4.74 Å². The van der Waals surface area contributed by atoms with Crippen molar-refractivity contribution in [2.24, 2.45) is 4.99 Å². The van der Waals surface area contributed by atoms with Crippen molar-refractivity contribution in [2.75, 3.05) is 6.54 Å². The molecule has 1 heterocycles. The SMILES string of the molecule is [C]1=NCCC(c2ccccc2)O1. The molecule has 0 aliphatic carbocycles. The van der Waals surface area contributed by atoms with E-state index in [9.17, 15) is 0 Å². The second-order valence-corrected chi connectivity index (χ2v) is 2.78. The largest absolute Gasteiger partial charge is 0.466 e. The zero-order valence-electron chi connectivity index (χ0n) is 6.73. The summed E-state index contributed by atoms with van der Waals surface area (Å²) in [4.78, 5) is 3.88. The second-order valence-electron chi connectivity index (χ2n) is 2.78. The molecule has 1 aromatic carbocycles. The van der Waals surface area contributed by atoms with Gasteiger partial charge in [0.1, 0.15) is 6.10 Å². The Morgan fingerprint density at radius 2 is 2.17 bits per heavy atom. The molecule has 0 fully saturated rings. The molecule has 0 amide bonds. The first-order valence-electron chi connectivity index (χ1n) is 4.09. The molecule has 1 unspecified atom stereocenters. The molecule has 1 aromatic rings. The molecule has 0 saturated heterocycles. The zero-order chi connectivity index (χ0) is 8.23. The van der Waals surface area contributed by atoms with Crippen molar-refractivity contribution < 1.29 is 4.74 Å². The first-order chi connectivity index (χ1) is 5.97. The molecule has 0 bridgehead atoms. The first-order valence-corrected chi connectivity index (χ1v) is 4.09. The molecule has 1 radical (unpaired) electrons. The quantitative estimate of drug-likeness (QED) is 0.616. The molecule has 0 N–H and O–H groups in total. The van der Waals surface area contributed by atoms with E-state index in [1.54, 1.807) is 0 Å². The van der Waals surface area contributed by atoms with E-state index in [2.05, 4.69) is 23.5 Å². The van der Waals surface area contributed by atoms with E-state index in [-0.39, 0.29) is 6.10 Å². The van der Waals surface area contributed by atoms with Crippen molar-refractivity contribution in [1.82, 2.24) is 0 Å². The summed E-state index contributed by atoms with van der Waals surface area (Å²) in [5, 5.41) is 0. The van der Waals surface area contributed by atoms with E-state index < -0.39 is 0 Å². The van der Waals surface area contributed by atoms with Crippen molar-refractivity contribution in [3.8, 4) is 0 Å². The number of benzene rings is 1. The van der Waals surface area contributed by atoms with Crippen molar-refractivity contribution in [2.45, 2.75) is 12.5 Å². The van der Waals surface area contributed by atoms with Crippen molar-refractivity contribution in [1.29, 1.82) is 0 Å². The summed E-state index contributed by atoms with van der Waals surface area (Å²) in [6.07, 6.45) is 3.67. The van der Waals surface area contributed by atoms with E-state index in [1.807, 2.05) is 18.2 Å². The minimum atomic E-state index is 0.156. The third-order valence-corrected chi connectivity index (χ3v) is 1.93. The zero-order valence-corrected chi connectivity index (χ0v) is 6.73. The van der Waals surface area contributed by atoms with E-state index in [1.165, 1.54) is 5.56 Å². The molecule has 12 heavy (non-hydrogen) atoms. The van der Waals surface area contributed by atoms with Crippen LogP contribution in [0.1, 0.15) is 18.1 Å². The Labute approximate surface area is 71.9 Å². The highest BCUT2D eigenvalue weighted by molar-refractivity contribution is 5.48. The maximum Gasteiger partial charge on any atom is 0.273 e. The van der Waals surface area contributed by atoms with Crippen LogP contribution in [-0.2, 0) is 4.74 Å². The van der Waals surface area contributed by atoms with Gasteiger partial charge in [-0.25, -0.2) is 4.99 Å². The fourth-order valence-electron chi connectivity index (χ4n) is 1.29. The van der Waals surface area contributed by atoms with Crippen LogP contribution in [0.3, 0.4) is 0 Å². The first kappa shape index (κ1) is 7.35. The molecular weight excluding hydrogens is 150 g/mol. The predicted molar refractivity (Wildman–Crippen MR) is 47.2 cm³/mol. The maximum atomic E-state index is 5.25. The van der Waals surface area contributed by atoms with Gasteiger partial charge in [-0.2, -0.15) is 0 Å². The number of hydrogen-bond acceptors (Lipinski definition) is 2. The lowest BCUT2D eigenvalue weighted by Crippen LogP contribution is -2.09. The Hall–Kier alpha value is -1.31. The number of ether oxygens (including phenoxy) is 1. The summed E-state index contributed by atoms with van der Waals surface area (Å²) in [5.74, 6) is 0. The Morgan fingerprint density at radius 3 is 2.83 bits per heavy atom. The average Bonchev–Trinajstić information content (AvgIpc) is 2.21. The summed E-state index contributed by atoms with van der Waals surface area (Å²) in [7, 11) is 0. The van der Waals surface area contributed by atoms with E-state index in [0.717, 1.165) is 13.0 Å². The Morgan fingerprint density at radius 1 is 1.33 bits per heavy atom. The van der Waals surface area contributed by atoms with Crippen molar-refractivity contribution >= 4 is 6.40 Å². The molecule has 1 atom stereocenters. The molecule has 0 aromatic heterocycles. The van der Waals surface area contributed by atoms with Gasteiger partial charge >= 0.3 is 0 Å². The van der Waals surface area contributed by atoms with Gasteiger partial charge in [0.15, 0.2) is 0 Å². The van der Waals surface area contributed by atoms with Gasteiger partial charge in [-0.15, -0.1) is 0 Å². The highest BCUT2D eigenvalue weighted by Crippen LogP contribution is 2.21. The van der Waals surface area contributed by atoms with Gasteiger partial charge in [0.25, 0.3) is 6.40 Å². The monoisotopic (exact) mass is 160 g/mol. The summed E-state index contributed by atoms with van der Waals surface area (Å²) in [6, 6.07) is 10.2. The highest BCUT2D eigenvalue weighted by Gasteiger charge is 2.13. The lowest BCUT2D eigenvalue weighted by Gasteiger charge is -2.17. The van der Waals surface area contributed by atoms with Crippen LogP contribution < -0.4 is 0 Å². The predicted octanol–water partition coefficient (Wildman–Crippen LogP) is 2.05. The average molecular weight is 160 g/mol. The number of aliphatic imine (C=N–C) groups is 1. The molecular formula is C10H10NO. The fourth-order valence-corrected chi connectivity index (χ4v) is 1.29. The lowest BCUT2D eigenvalue weighted by atomic mass is 10.1. The topological polar surface area (TPSA) is 21.6 Å². The molecule has 2 rings (SSSR count). The Balaban J connectivity index is 2.15. The van der Waals surface area contributed by atoms with Crippen LogP contribution in [0.2, 0.25) is 0 Å². The molecule has 1 aliphatic rings. The Kier molecular flexibility index (Phi) is 2.08. The van der Waals surface area contributed by atoms with E-state index >= 15 is 0 Å². The van der Waals surface area contributed by atoms with Crippen molar-refractivity contribution in [3.63, 3.8) is 0 Å². The molecule has 0 spiro atoms. The number of hydrogen-bond donors (Lipinski definition) is 0. The van der Waals surface area contributed by atoms with Crippen molar-refractivity contribution in [3.05, 3.63) is 35.9 Å². The third-order valence-electron chi connectivity index (χ3n) is 1.93. The smallest absolute Gasteiger partial charge is 0.273 e. The van der Waals surface area contributed by atoms with E-state index in [4.69, 9.17) is 4.74 Å². The van der Waals surface area contributed by atoms with Crippen LogP contribution in [0, 0.1) is 0 Å². The second kappa shape index (κ2) is 3.39. The summed E-state index contributed by atoms with van der Waals surface area (Å²) >= 11 is 0. The van der Waals surface area contributed by atoms with Gasteiger partial charge in [0, 0.05) is 13.0 Å². The van der Waals surface area contributed by atoms with Crippen LogP contribution in [0.5, 0.6) is 0 Å². The minimum Gasteiger partial charge on any atom is -0.466 e. The van der Waals surface area contributed by atoms with Crippen LogP contribution in [-0.4, -0.2) is 12.9 Å². The van der Waals surface area contributed by atoms with Gasteiger partial charge in [-0.05, 0) is 5.56 Å². The van der Waals surface area contributed by atoms with Gasteiger partial charge in [-0.3, -0.25) is 0 Å². The highest BCUT2D eigenvalue weighted by atomic mass is 16.5. The maximum absolute atomic E-state index is 5.25.